The largest absolute Gasteiger partial charge is 0.459 e. The minimum atomic E-state index is -0.635. The highest BCUT2D eigenvalue weighted by Gasteiger charge is 2.14. The van der Waals surface area contributed by atoms with Crippen molar-refractivity contribution in [2.75, 3.05) is 0 Å². The Balaban J connectivity index is 1.56. The first-order chi connectivity index (χ1) is 13.0. The van der Waals surface area contributed by atoms with E-state index in [4.69, 9.17) is 13.6 Å². The second-order valence-corrected chi connectivity index (χ2v) is 6.73. The molecular weight excluding hydrogens is 418 g/mol. The molecule has 0 unspecified atom stereocenters. The third kappa shape index (κ3) is 3.43. The van der Waals surface area contributed by atoms with Gasteiger partial charge in [-0.2, -0.15) is 0 Å². The van der Waals surface area contributed by atoms with E-state index in [0.29, 0.717) is 27.6 Å². The van der Waals surface area contributed by atoms with Gasteiger partial charge in [0.05, 0.1) is 5.52 Å². The maximum atomic E-state index is 12.2. The van der Waals surface area contributed by atoms with Gasteiger partial charge in [0.25, 0.3) is 0 Å². The van der Waals surface area contributed by atoms with Gasteiger partial charge in [0.2, 0.25) is 0 Å². The van der Waals surface area contributed by atoms with E-state index in [2.05, 4.69) is 15.9 Å². The fourth-order valence-electron chi connectivity index (χ4n) is 2.82. The maximum absolute atomic E-state index is 12.2. The van der Waals surface area contributed by atoms with E-state index in [0.717, 1.165) is 4.47 Å². The third-order valence-corrected chi connectivity index (χ3v) is 4.54. The molecule has 0 saturated carbocycles. The molecule has 7 nitrogen and oxygen atoms in total. The smallest absolute Gasteiger partial charge is 0.420 e. The van der Waals surface area contributed by atoms with E-state index in [9.17, 15) is 14.4 Å². The summed E-state index contributed by atoms with van der Waals surface area (Å²) in [7, 11) is 0. The van der Waals surface area contributed by atoms with Crippen LogP contribution in [0.1, 0.15) is 5.56 Å². The quantitative estimate of drug-likeness (QED) is 0.365. The second kappa shape index (κ2) is 6.88. The van der Waals surface area contributed by atoms with Crippen molar-refractivity contribution in [3.63, 3.8) is 0 Å². The summed E-state index contributed by atoms with van der Waals surface area (Å²) in [5.74, 6) is -1.26. The lowest BCUT2D eigenvalue weighted by atomic mass is 10.1. The molecule has 4 rings (SSSR count). The lowest BCUT2D eigenvalue weighted by Crippen LogP contribution is -2.21. The van der Waals surface area contributed by atoms with Crippen LogP contribution in [0.5, 0.6) is 0 Å². The van der Waals surface area contributed by atoms with Crippen molar-refractivity contribution < 1.29 is 18.4 Å². The van der Waals surface area contributed by atoms with E-state index in [1.54, 1.807) is 42.5 Å². The molecule has 136 valence electrons. The van der Waals surface area contributed by atoms with Crippen LogP contribution < -0.4 is 11.4 Å². The van der Waals surface area contributed by atoms with Crippen molar-refractivity contribution in [1.82, 2.24) is 4.57 Å². The standard InChI is InChI=1S/C19H12BrNO6/c20-12-5-6-13-11(7-17(22)26-16(13)8-12)10-25-18(23)9-21-14-3-1-2-4-15(14)27-19(21)24/h1-8H,9-10H2. The zero-order chi connectivity index (χ0) is 19.0. The zero-order valence-corrected chi connectivity index (χ0v) is 15.4. The van der Waals surface area contributed by atoms with Crippen LogP contribution in [0.4, 0.5) is 0 Å². The van der Waals surface area contributed by atoms with Gasteiger partial charge in [-0.15, -0.1) is 0 Å². The first-order valence-corrected chi connectivity index (χ1v) is 8.77. The molecule has 0 radical (unpaired) electrons. The summed E-state index contributed by atoms with van der Waals surface area (Å²) in [5, 5.41) is 0.663. The molecule has 2 heterocycles. The number of para-hydroxylation sites is 2. The second-order valence-electron chi connectivity index (χ2n) is 5.81. The number of oxazole rings is 1. The van der Waals surface area contributed by atoms with Crippen LogP contribution in [-0.2, 0) is 22.7 Å². The summed E-state index contributed by atoms with van der Waals surface area (Å²) < 4.78 is 17.5. The lowest BCUT2D eigenvalue weighted by Gasteiger charge is -2.08. The predicted octanol–water partition coefficient (Wildman–Crippen LogP) is 3.21. The van der Waals surface area contributed by atoms with Crippen LogP contribution in [0.2, 0.25) is 0 Å². The molecule has 0 amide bonds. The Labute approximate surface area is 159 Å². The van der Waals surface area contributed by atoms with Crippen molar-refractivity contribution in [2.45, 2.75) is 13.2 Å². The molecular formula is C19H12BrNO6. The first-order valence-electron chi connectivity index (χ1n) is 7.97. The summed E-state index contributed by atoms with van der Waals surface area (Å²) in [6.45, 7) is -0.409. The number of benzene rings is 2. The molecule has 8 heteroatoms. The maximum Gasteiger partial charge on any atom is 0.420 e. The van der Waals surface area contributed by atoms with Crippen molar-refractivity contribution in [1.29, 1.82) is 0 Å². The predicted molar refractivity (Wildman–Crippen MR) is 100 cm³/mol. The first kappa shape index (κ1) is 17.3. The number of esters is 1. The van der Waals surface area contributed by atoms with Gasteiger partial charge in [-0.3, -0.25) is 9.36 Å². The van der Waals surface area contributed by atoms with Gasteiger partial charge in [-0.1, -0.05) is 28.1 Å². The van der Waals surface area contributed by atoms with Crippen LogP contribution in [0.15, 0.2) is 71.4 Å². The van der Waals surface area contributed by atoms with Crippen LogP contribution in [0.3, 0.4) is 0 Å². The molecule has 0 aliphatic carbocycles. The van der Waals surface area contributed by atoms with E-state index < -0.39 is 17.4 Å². The van der Waals surface area contributed by atoms with Gasteiger partial charge < -0.3 is 13.6 Å². The Morgan fingerprint density at radius 1 is 1.04 bits per heavy atom. The molecule has 0 aliphatic heterocycles. The van der Waals surface area contributed by atoms with Crippen LogP contribution in [0, 0.1) is 0 Å². The Morgan fingerprint density at radius 2 is 1.85 bits per heavy atom. The summed E-state index contributed by atoms with van der Waals surface area (Å²) in [6.07, 6.45) is 0. The van der Waals surface area contributed by atoms with Crippen molar-refractivity contribution in [2.24, 2.45) is 0 Å². The van der Waals surface area contributed by atoms with Gasteiger partial charge in [-0.05, 0) is 30.3 Å². The minimum absolute atomic E-state index is 0.118. The Bertz CT molecular complexity index is 1280. The number of carbonyl (C=O) groups is 1. The summed E-state index contributed by atoms with van der Waals surface area (Å²) >= 11 is 3.31. The Hall–Kier alpha value is -3.13. The third-order valence-electron chi connectivity index (χ3n) is 4.04. The van der Waals surface area contributed by atoms with Gasteiger partial charge in [0.15, 0.2) is 5.58 Å². The number of rotatable bonds is 4. The molecule has 0 bridgehead atoms. The van der Waals surface area contributed by atoms with Crippen molar-refractivity contribution >= 4 is 44.0 Å². The van der Waals surface area contributed by atoms with Crippen LogP contribution in [-0.4, -0.2) is 10.5 Å². The normalized spacial score (nSPS) is 11.1. The summed E-state index contributed by atoms with van der Waals surface area (Å²) in [4.78, 5) is 35.9. The van der Waals surface area contributed by atoms with Gasteiger partial charge in [-0.25, -0.2) is 9.59 Å². The molecule has 0 atom stereocenters. The van der Waals surface area contributed by atoms with E-state index in [-0.39, 0.29) is 13.2 Å². The Morgan fingerprint density at radius 3 is 2.70 bits per heavy atom. The van der Waals surface area contributed by atoms with Crippen molar-refractivity contribution in [3.05, 3.63) is 79.5 Å². The zero-order valence-electron chi connectivity index (χ0n) is 13.8. The molecule has 27 heavy (non-hydrogen) atoms. The molecule has 4 aromatic rings. The summed E-state index contributed by atoms with van der Waals surface area (Å²) in [6, 6.07) is 13.3. The highest BCUT2D eigenvalue weighted by Crippen LogP contribution is 2.22. The van der Waals surface area contributed by atoms with Gasteiger partial charge in [0, 0.05) is 21.5 Å². The fourth-order valence-corrected chi connectivity index (χ4v) is 3.16. The molecule has 2 aromatic carbocycles. The Kier molecular flexibility index (Phi) is 4.41. The SMILES string of the molecule is O=C(Cn1c(=O)oc2ccccc21)OCc1cc(=O)oc2cc(Br)ccc12. The molecule has 0 N–H and O–H groups in total. The fraction of sp³-hybridized carbons (Fsp3) is 0.105. The van der Waals surface area contributed by atoms with Gasteiger partial charge >= 0.3 is 17.4 Å². The highest BCUT2D eigenvalue weighted by molar-refractivity contribution is 9.10. The summed E-state index contributed by atoms with van der Waals surface area (Å²) in [5.41, 5.74) is 1.28. The molecule has 0 fully saturated rings. The number of halogens is 1. The van der Waals surface area contributed by atoms with E-state index >= 15 is 0 Å². The average Bonchev–Trinajstić information content (AvgIpc) is 2.94. The molecule has 0 saturated heterocycles. The molecule has 0 aliphatic rings. The number of fused-ring (bicyclic) bond motifs is 2. The highest BCUT2D eigenvalue weighted by atomic mass is 79.9. The minimum Gasteiger partial charge on any atom is -0.459 e. The monoisotopic (exact) mass is 429 g/mol. The number of hydrogen-bond donors (Lipinski definition) is 0. The number of ether oxygens (including phenoxy) is 1. The van der Waals surface area contributed by atoms with E-state index in [1.165, 1.54) is 10.6 Å². The molecule has 2 aromatic heterocycles. The number of nitrogens with zero attached hydrogens (tertiary/aromatic N) is 1. The van der Waals surface area contributed by atoms with Crippen molar-refractivity contribution in [3.8, 4) is 0 Å². The topological polar surface area (TPSA) is 91.6 Å². The lowest BCUT2D eigenvalue weighted by molar-refractivity contribution is -0.145. The number of aromatic nitrogens is 1. The number of hydrogen-bond acceptors (Lipinski definition) is 6. The number of carbonyl (C=O) groups excluding carboxylic acids is 1. The van der Waals surface area contributed by atoms with Crippen LogP contribution >= 0.6 is 15.9 Å². The average molecular weight is 430 g/mol. The van der Waals surface area contributed by atoms with Crippen LogP contribution in [0.25, 0.3) is 22.1 Å². The van der Waals surface area contributed by atoms with E-state index in [1.807, 2.05) is 0 Å². The molecule has 0 spiro atoms. The van der Waals surface area contributed by atoms with Gasteiger partial charge in [0.1, 0.15) is 18.7 Å².